The second-order valence-electron chi connectivity index (χ2n) is 6.34. The molecule has 1 aromatic heterocycles. The molecule has 0 bridgehead atoms. The molecule has 0 saturated heterocycles. The Labute approximate surface area is 161 Å². The first-order valence-corrected chi connectivity index (χ1v) is 8.74. The molecular weight excluding hydrogens is 356 g/mol. The minimum atomic E-state index is -0.460. The number of amides is 2. The predicted molar refractivity (Wildman–Crippen MR) is 100 cm³/mol. The first-order valence-electron chi connectivity index (χ1n) is 8.74. The maximum absolute atomic E-state index is 12.4. The van der Waals surface area contributed by atoms with E-state index in [0.717, 1.165) is 5.56 Å². The lowest BCUT2D eigenvalue weighted by atomic mass is 10.1. The van der Waals surface area contributed by atoms with Gasteiger partial charge < -0.3 is 4.74 Å². The molecule has 0 N–H and O–H groups in total. The molecule has 3 aromatic rings. The molecule has 2 aromatic carbocycles. The highest BCUT2D eigenvalue weighted by molar-refractivity contribution is 6.21. The zero-order chi connectivity index (χ0) is 19.5. The van der Waals surface area contributed by atoms with E-state index in [2.05, 4.69) is 4.98 Å². The van der Waals surface area contributed by atoms with Crippen LogP contribution in [0.25, 0.3) is 0 Å². The maximum atomic E-state index is 12.4. The van der Waals surface area contributed by atoms with E-state index in [4.69, 9.17) is 4.74 Å². The van der Waals surface area contributed by atoms with Crippen molar-refractivity contribution in [2.45, 2.75) is 13.2 Å². The number of fused-ring (bicyclic) bond motifs is 1. The van der Waals surface area contributed by atoms with Gasteiger partial charge in [0.25, 0.3) is 11.8 Å². The van der Waals surface area contributed by atoms with E-state index in [0.29, 0.717) is 22.4 Å². The molecule has 28 heavy (non-hydrogen) atoms. The molecule has 0 spiro atoms. The van der Waals surface area contributed by atoms with E-state index < -0.39 is 5.97 Å². The van der Waals surface area contributed by atoms with Gasteiger partial charge >= 0.3 is 5.97 Å². The van der Waals surface area contributed by atoms with Gasteiger partial charge in [-0.2, -0.15) is 0 Å². The first-order chi connectivity index (χ1) is 13.6. The third-order valence-electron chi connectivity index (χ3n) is 4.49. The van der Waals surface area contributed by atoms with Crippen LogP contribution in [0.3, 0.4) is 0 Å². The average molecular weight is 372 g/mol. The Morgan fingerprint density at radius 3 is 2.11 bits per heavy atom. The highest BCUT2D eigenvalue weighted by Gasteiger charge is 2.34. The van der Waals surface area contributed by atoms with Crippen molar-refractivity contribution in [2.75, 3.05) is 0 Å². The fourth-order valence-corrected chi connectivity index (χ4v) is 3.02. The number of carbonyl (C=O) groups is 3. The third kappa shape index (κ3) is 3.40. The second kappa shape index (κ2) is 7.44. The van der Waals surface area contributed by atoms with Crippen molar-refractivity contribution < 1.29 is 19.1 Å². The molecule has 138 valence electrons. The van der Waals surface area contributed by atoms with Gasteiger partial charge in [-0.3, -0.25) is 19.5 Å². The minimum absolute atomic E-state index is 0.0937. The Morgan fingerprint density at radius 2 is 1.50 bits per heavy atom. The number of imide groups is 1. The first kappa shape index (κ1) is 17.6. The van der Waals surface area contributed by atoms with Gasteiger partial charge in [-0.15, -0.1) is 0 Å². The van der Waals surface area contributed by atoms with Gasteiger partial charge in [-0.05, 0) is 42.0 Å². The van der Waals surface area contributed by atoms with Crippen molar-refractivity contribution in [3.63, 3.8) is 0 Å². The fraction of sp³-hybridized carbons (Fsp3) is 0.0909. The number of rotatable bonds is 5. The number of hydrogen-bond donors (Lipinski definition) is 0. The standard InChI is InChI=1S/C22H16N2O4/c25-20-18-6-1-2-7-19(18)21(26)24(20)13-15-8-10-16(11-9-15)22(27)28-14-17-5-3-4-12-23-17/h1-12H,13-14H2. The van der Waals surface area contributed by atoms with Gasteiger partial charge in [0, 0.05) is 6.20 Å². The van der Waals surface area contributed by atoms with Crippen molar-refractivity contribution in [1.29, 1.82) is 0 Å². The van der Waals surface area contributed by atoms with Crippen molar-refractivity contribution in [1.82, 2.24) is 9.88 Å². The molecule has 2 heterocycles. The van der Waals surface area contributed by atoms with Crippen LogP contribution in [-0.4, -0.2) is 27.7 Å². The van der Waals surface area contributed by atoms with Crippen molar-refractivity contribution >= 4 is 17.8 Å². The Balaban J connectivity index is 1.41. The topological polar surface area (TPSA) is 76.6 Å². The van der Waals surface area contributed by atoms with Crippen LogP contribution < -0.4 is 0 Å². The summed E-state index contributed by atoms with van der Waals surface area (Å²) >= 11 is 0. The zero-order valence-electron chi connectivity index (χ0n) is 14.9. The summed E-state index contributed by atoms with van der Waals surface area (Å²) in [5.74, 6) is -1.07. The largest absolute Gasteiger partial charge is 0.456 e. The van der Waals surface area contributed by atoms with Gasteiger partial charge in [0.2, 0.25) is 0 Å². The molecule has 0 fully saturated rings. The number of ether oxygens (including phenoxy) is 1. The Hall–Kier alpha value is -3.80. The van der Waals surface area contributed by atoms with E-state index in [1.54, 1.807) is 66.9 Å². The smallest absolute Gasteiger partial charge is 0.338 e. The summed E-state index contributed by atoms with van der Waals surface area (Å²) < 4.78 is 5.24. The number of nitrogens with zero attached hydrogens (tertiary/aromatic N) is 2. The lowest BCUT2D eigenvalue weighted by Gasteiger charge is -2.14. The number of aromatic nitrogens is 1. The Kier molecular flexibility index (Phi) is 4.68. The summed E-state index contributed by atoms with van der Waals surface area (Å²) in [6.07, 6.45) is 1.64. The molecular formula is C22H16N2O4. The number of hydrogen-bond acceptors (Lipinski definition) is 5. The number of pyridine rings is 1. The summed E-state index contributed by atoms with van der Waals surface area (Å²) in [6, 6.07) is 18.8. The summed E-state index contributed by atoms with van der Waals surface area (Å²) in [7, 11) is 0. The average Bonchev–Trinajstić information content (AvgIpc) is 2.98. The summed E-state index contributed by atoms with van der Waals surface area (Å²) in [5, 5.41) is 0. The maximum Gasteiger partial charge on any atom is 0.338 e. The van der Waals surface area contributed by atoms with E-state index in [-0.39, 0.29) is 25.0 Å². The second-order valence-corrected chi connectivity index (χ2v) is 6.34. The van der Waals surface area contributed by atoms with Crippen LogP contribution >= 0.6 is 0 Å². The molecule has 0 unspecified atom stereocenters. The predicted octanol–water partition coefficient (Wildman–Crippen LogP) is 3.23. The van der Waals surface area contributed by atoms with Gasteiger partial charge in [0.15, 0.2) is 0 Å². The molecule has 6 heteroatoms. The molecule has 1 aliphatic heterocycles. The van der Waals surface area contributed by atoms with Gasteiger partial charge in [-0.25, -0.2) is 4.79 Å². The van der Waals surface area contributed by atoms with Crippen LogP contribution in [-0.2, 0) is 17.9 Å². The normalized spacial score (nSPS) is 12.8. The molecule has 6 nitrogen and oxygen atoms in total. The summed E-state index contributed by atoms with van der Waals surface area (Å²) in [6.45, 7) is 0.242. The monoisotopic (exact) mass is 372 g/mol. The molecule has 1 aliphatic rings. The van der Waals surface area contributed by atoms with E-state index in [1.165, 1.54) is 4.90 Å². The number of benzene rings is 2. The van der Waals surface area contributed by atoms with Crippen LogP contribution in [0, 0.1) is 0 Å². The molecule has 0 saturated carbocycles. The van der Waals surface area contributed by atoms with Crippen LogP contribution in [0.4, 0.5) is 0 Å². The summed E-state index contributed by atoms with van der Waals surface area (Å²) in [5.41, 5.74) is 2.64. The molecule has 0 atom stereocenters. The Bertz CT molecular complexity index is 1010. The zero-order valence-corrected chi connectivity index (χ0v) is 14.9. The molecule has 0 radical (unpaired) electrons. The SMILES string of the molecule is O=C(OCc1ccccn1)c1ccc(CN2C(=O)c3ccccc3C2=O)cc1. The van der Waals surface area contributed by atoms with Crippen molar-refractivity contribution in [3.8, 4) is 0 Å². The lowest BCUT2D eigenvalue weighted by Crippen LogP contribution is -2.29. The third-order valence-corrected chi connectivity index (χ3v) is 4.49. The molecule has 0 aliphatic carbocycles. The molecule has 2 amide bonds. The van der Waals surface area contributed by atoms with Crippen molar-refractivity contribution in [2.24, 2.45) is 0 Å². The van der Waals surface area contributed by atoms with Crippen LogP contribution in [0.1, 0.15) is 42.3 Å². The van der Waals surface area contributed by atoms with Gasteiger partial charge in [0.05, 0.1) is 28.9 Å². The minimum Gasteiger partial charge on any atom is -0.456 e. The highest BCUT2D eigenvalue weighted by Crippen LogP contribution is 2.24. The van der Waals surface area contributed by atoms with Gasteiger partial charge in [0.1, 0.15) is 6.61 Å². The lowest BCUT2D eigenvalue weighted by molar-refractivity contribution is 0.0466. The van der Waals surface area contributed by atoms with Gasteiger partial charge in [-0.1, -0.05) is 30.3 Å². The van der Waals surface area contributed by atoms with Crippen LogP contribution in [0.2, 0.25) is 0 Å². The fourth-order valence-electron chi connectivity index (χ4n) is 3.02. The highest BCUT2D eigenvalue weighted by atomic mass is 16.5. The van der Waals surface area contributed by atoms with E-state index in [1.807, 2.05) is 6.07 Å². The van der Waals surface area contributed by atoms with Crippen LogP contribution in [0.15, 0.2) is 72.9 Å². The quantitative estimate of drug-likeness (QED) is 0.508. The number of esters is 1. The molecule has 4 rings (SSSR count). The van der Waals surface area contributed by atoms with E-state index in [9.17, 15) is 14.4 Å². The summed E-state index contributed by atoms with van der Waals surface area (Å²) in [4.78, 5) is 42.3. The van der Waals surface area contributed by atoms with Crippen molar-refractivity contribution in [3.05, 3.63) is 101 Å². The van der Waals surface area contributed by atoms with Crippen LogP contribution in [0.5, 0.6) is 0 Å². The van der Waals surface area contributed by atoms with E-state index >= 15 is 0 Å². The Morgan fingerprint density at radius 1 is 0.857 bits per heavy atom. The number of carbonyl (C=O) groups excluding carboxylic acids is 3.